The third-order valence-corrected chi connectivity index (χ3v) is 6.83. The van der Waals surface area contributed by atoms with E-state index in [-0.39, 0.29) is 11.9 Å². The average molecular weight is 542 g/mol. The molecule has 2 aromatic heterocycles. The predicted octanol–water partition coefficient (Wildman–Crippen LogP) is 4.95. The van der Waals surface area contributed by atoms with Crippen LogP contribution in [0.5, 0.6) is 5.75 Å². The quantitative estimate of drug-likeness (QED) is 0.203. The van der Waals surface area contributed by atoms with Crippen LogP contribution in [0.3, 0.4) is 0 Å². The number of methoxy groups -OCH3 is 1. The Morgan fingerprint density at radius 2 is 1.90 bits per heavy atom. The summed E-state index contributed by atoms with van der Waals surface area (Å²) in [5, 5.41) is 6.78. The maximum atomic E-state index is 12.6. The van der Waals surface area contributed by atoms with E-state index in [1.165, 1.54) is 0 Å². The molecule has 1 aliphatic heterocycles. The molecule has 0 saturated carbocycles. The molecule has 0 radical (unpaired) electrons. The highest BCUT2D eigenvalue weighted by molar-refractivity contribution is 5.92. The number of amides is 1. The second-order valence-corrected chi connectivity index (χ2v) is 9.88. The van der Waals surface area contributed by atoms with E-state index in [1.807, 2.05) is 53.7 Å². The lowest BCUT2D eigenvalue weighted by Crippen LogP contribution is -2.40. The van der Waals surface area contributed by atoms with Gasteiger partial charge in [0.1, 0.15) is 12.4 Å². The molecule has 2 aromatic carbocycles. The smallest absolute Gasteiger partial charge is 0.248 e. The monoisotopic (exact) mass is 541 g/mol. The summed E-state index contributed by atoms with van der Waals surface area (Å²) >= 11 is 0. The van der Waals surface area contributed by atoms with E-state index in [1.54, 1.807) is 14.0 Å². The predicted molar refractivity (Wildman–Crippen MR) is 156 cm³/mol. The normalized spacial score (nSPS) is 15.2. The first-order valence-electron chi connectivity index (χ1n) is 13.5. The molecule has 0 bridgehead atoms. The first-order valence-corrected chi connectivity index (χ1v) is 13.5. The van der Waals surface area contributed by atoms with Crippen LogP contribution in [0.1, 0.15) is 31.4 Å². The van der Waals surface area contributed by atoms with Gasteiger partial charge < -0.3 is 29.6 Å². The minimum atomic E-state index is -0.00837. The molecule has 1 atom stereocenters. The van der Waals surface area contributed by atoms with Gasteiger partial charge in [-0.05, 0) is 49.6 Å². The van der Waals surface area contributed by atoms with Crippen molar-refractivity contribution in [2.75, 3.05) is 44.0 Å². The third-order valence-electron chi connectivity index (χ3n) is 6.83. The molecule has 1 unspecified atom stereocenters. The number of carbonyl (C=O) groups is 1. The van der Waals surface area contributed by atoms with Gasteiger partial charge in [-0.1, -0.05) is 36.9 Å². The van der Waals surface area contributed by atoms with Crippen molar-refractivity contribution >= 4 is 34.5 Å². The summed E-state index contributed by atoms with van der Waals surface area (Å²) in [7, 11) is 1.65. The zero-order valence-electron chi connectivity index (χ0n) is 23.0. The van der Waals surface area contributed by atoms with Gasteiger partial charge in [-0.3, -0.25) is 4.79 Å². The van der Waals surface area contributed by atoms with Gasteiger partial charge in [0, 0.05) is 38.0 Å². The average Bonchev–Trinajstić information content (AvgIpc) is 3.41. The second kappa shape index (κ2) is 12.6. The second-order valence-electron chi connectivity index (χ2n) is 9.88. The first-order chi connectivity index (χ1) is 19.5. The lowest BCUT2D eigenvalue weighted by Gasteiger charge is -2.33. The number of ether oxygens (including phenoxy) is 2. The number of rotatable bonds is 11. The number of nitrogens with zero attached hydrogens (tertiary/aromatic N) is 5. The Labute approximate surface area is 234 Å². The number of carbonyl (C=O) groups excluding carboxylic acids is 1. The number of anilines is 3. The van der Waals surface area contributed by atoms with Crippen LogP contribution in [-0.4, -0.2) is 63.7 Å². The van der Waals surface area contributed by atoms with Gasteiger partial charge in [0.05, 0.1) is 19.0 Å². The van der Waals surface area contributed by atoms with E-state index in [9.17, 15) is 4.79 Å². The number of hydrogen-bond acceptors (Lipinski definition) is 8. The molecule has 10 nitrogen and oxygen atoms in total. The molecule has 3 heterocycles. The zero-order valence-corrected chi connectivity index (χ0v) is 23.0. The highest BCUT2D eigenvalue weighted by Crippen LogP contribution is 2.30. The standard InChI is InChI=1S/C30H35N7O3/c1-21(2)29(38)36-15-7-10-24(19-36)37-20-32-26-27(31-18-22-8-5-4-6-9-22)34-30(35-28(26)37)33-23-11-13-25(14-12-23)40-17-16-39-3/h4-6,8-9,11-14,20,24H,1,7,10,15-19H2,2-3H3,(H2,31,33,34,35). The molecule has 1 aliphatic rings. The van der Waals surface area contributed by atoms with Crippen LogP contribution >= 0.6 is 0 Å². The van der Waals surface area contributed by atoms with Gasteiger partial charge in [0.2, 0.25) is 11.9 Å². The van der Waals surface area contributed by atoms with Crippen molar-refractivity contribution in [1.29, 1.82) is 0 Å². The van der Waals surface area contributed by atoms with Crippen LogP contribution < -0.4 is 15.4 Å². The maximum absolute atomic E-state index is 12.6. The van der Waals surface area contributed by atoms with Gasteiger partial charge in [-0.2, -0.15) is 9.97 Å². The summed E-state index contributed by atoms with van der Waals surface area (Å²) in [6.45, 7) is 8.52. The van der Waals surface area contributed by atoms with Crippen molar-refractivity contribution in [2.24, 2.45) is 0 Å². The minimum Gasteiger partial charge on any atom is -0.491 e. The molecular weight excluding hydrogens is 506 g/mol. The molecule has 5 rings (SSSR count). The molecule has 0 aliphatic carbocycles. The molecule has 208 valence electrons. The van der Waals surface area contributed by atoms with Crippen molar-refractivity contribution in [3.05, 3.63) is 78.6 Å². The van der Waals surface area contributed by atoms with Gasteiger partial charge in [0.25, 0.3) is 0 Å². The van der Waals surface area contributed by atoms with Crippen molar-refractivity contribution < 1.29 is 14.3 Å². The molecule has 40 heavy (non-hydrogen) atoms. The largest absolute Gasteiger partial charge is 0.491 e. The molecule has 4 aromatic rings. The Hall–Kier alpha value is -4.44. The lowest BCUT2D eigenvalue weighted by molar-refractivity contribution is -0.128. The summed E-state index contributed by atoms with van der Waals surface area (Å²) in [6.07, 6.45) is 3.63. The third kappa shape index (κ3) is 6.40. The summed E-state index contributed by atoms with van der Waals surface area (Å²) < 4.78 is 12.8. The molecule has 1 amide bonds. The van der Waals surface area contributed by atoms with Crippen LogP contribution in [0.15, 0.2) is 73.1 Å². The minimum absolute atomic E-state index is 0.00837. The van der Waals surface area contributed by atoms with Gasteiger partial charge in [-0.25, -0.2) is 4.98 Å². The number of imidazole rings is 1. The van der Waals surface area contributed by atoms with Crippen LogP contribution in [0, 0.1) is 0 Å². The Morgan fingerprint density at radius 1 is 1.10 bits per heavy atom. The molecule has 0 spiro atoms. The molecule has 2 N–H and O–H groups in total. The molecule has 1 fully saturated rings. The molecular formula is C30H35N7O3. The number of hydrogen-bond donors (Lipinski definition) is 2. The van der Waals surface area contributed by atoms with E-state index in [2.05, 4.69) is 33.9 Å². The zero-order chi connectivity index (χ0) is 27.9. The van der Waals surface area contributed by atoms with E-state index in [0.717, 1.165) is 36.4 Å². The topological polar surface area (TPSA) is 106 Å². The number of piperidine rings is 1. The highest BCUT2D eigenvalue weighted by Gasteiger charge is 2.27. The van der Waals surface area contributed by atoms with Crippen LogP contribution in [-0.2, 0) is 16.1 Å². The summed E-state index contributed by atoms with van der Waals surface area (Å²) in [4.78, 5) is 28.9. The SMILES string of the molecule is C=C(C)C(=O)N1CCCC(n2cnc3c(NCc4ccccc4)nc(Nc4ccc(OCCOC)cc4)nc32)C1. The van der Waals surface area contributed by atoms with Crippen molar-refractivity contribution in [2.45, 2.75) is 32.4 Å². The Bertz CT molecular complexity index is 1450. The first kappa shape index (κ1) is 27.1. The fourth-order valence-electron chi connectivity index (χ4n) is 4.79. The molecule has 1 saturated heterocycles. The van der Waals surface area contributed by atoms with E-state index in [0.29, 0.717) is 54.8 Å². The van der Waals surface area contributed by atoms with Crippen molar-refractivity contribution in [3.63, 3.8) is 0 Å². The number of benzene rings is 2. The van der Waals surface area contributed by atoms with E-state index < -0.39 is 0 Å². The number of aromatic nitrogens is 4. The number of nitrogens with one attached hydrogen (secondary N) is 2. The van der Waals surface area contributed by atoms with E-state index in [4.69, 9.17) is 24.4 Å². The fraction of sp³-hybridized carbons (Fsp3) is 0.333. The lowest BCUT2D eigenvalue weighted by atomic mass is 10.0. The Morgan fingerprint density at radius 3 is 2.65 bits per heavy atom. The summed E-state index contributed by atoms with van der Waals surface area (Å²) in [5.41, 5.74) is 3.91. The van der Waals surface area contributed by atoms with Crippen molar-refractivity contribution in [1.82, 2.24) is 24.4 Å². The highest BCUT2D eigenvalue weighted by atomic mass is 16.5. The van der Waals surface area contributed by atoms with Crippen LogP contribution in [0.25, 0.3) is 11.2 Å². The van der Waals surface area contributed by atoms with Crippen LogP contribution in [0.4, 0.5) is 17.5 Å². The van der Waals surface area contributed by atoms with Gasteiger partial charge in [-0.15, -0.1) is 0 Å². The number of fused-ring (bicyclic) bond motifs is 1. The van der Waals surface area contributed by atoms with Gasteiger partial charge >= 0.3 is 0 Å². The Kier molecular flexibility index (Phi) is 8.56. The number of likely N-dealkylation sites (tertiary alicyclic amines) is 1. The van der Waals surface area contributed by atoms with Crippen molar-refractivity contribution in [3.8, 4) is 5.75 Å². The molecule has 10 heteroatoms. The summed E-state index contributed by atoms with van der Waals surface area (Å²) in [5.74, 6) is 1.84. The van der Waals surface area contributed by atoms with E-state index >= 15 is 0 Å². The van der Waals surface area contributed by atoms with Gasteiger partial charge in [0.15, 0.2) is 17.0 Å². The maximum Gasteiger partial charge on any atom is 0.248 e. The van der Waals surface area contributed by atoms with Crippen LogP contribution in [0.2, 0.25) is 0 Å². The summed E-state index contributed by atoms with van der Waals surface area (Å²) in [6, 6.07) is 17.8. The fourth-order valence-corrected chi connectivity index (χ4v) is 4.79. The Balaban J connectivity index is 1.43.